The molecule has 0 unspecified atom stereocenters. The predicted octanol–water partition coefficient (Wildman–Crippen LogP) is 4.44. The van der Waals surface area contributed by atoms with Crippen molar-refractivity contribution in [3.63, 3.8) is 0 Å². The molecule has 1 saturated carbocycles. The van der Waals surface area contributed by atoms with Gasteiger partial charge in [0.15, 0.2) is 11.5 Å². The van der Waals surface area contributed by atoms with E-state index in [9.17, 15) is 9.59 Å². The SMILES string of the molecule is COCCCOc1cc(C(=O)N(C[C@@H]2CNC[C@H]2CN(C(=O)OCC(C)(C)C)C2CC2)C(C)C)ccc1OC. The molecule has 1 N–H and O–H groups in total. The normalized spacial score (nSPS) is 19.2. The molecule has 0 spiro atoms. The van der Waals surface area contributed by atoms with Crippen LogP contribution >= 0.6 is 0 Å². The largest absolute Gasteiger partial charge is 0.493 e. The molecule has 1 saturated heterocycles. The molecule has 1 aliphatic heterocycles. The lowest BCUT2D eigenvalue weighted by Crippen LogP contribution is -2.45. The Kier molecular flexibility index (Phi) is 11.3. The molecule has 2 atom stereocenters. The quantitative estimate of drug-likeness (QED) is 0.344. The minimum atomic E-state index is -0.217. The number of nitrogens with one attached hydrogen (secondary N) is 1. The van der Waals surface area contributed by atoms with E-state index in [0.29, 0.717) is 50.0 Å². The maximum Gasteiger partial charge on any atom is 0.410 e. The van der Waals surface area contributed by atoms with E-state index in [4.69, 9.17) is 18.9 Å². The summed E-state index contributed by atoms with van der Waals surface area (Å²) < 4.78 is 22.1. The molecule has 0 bridgehead atoms. The number of hydrogen-bond acceptors (Lipinski definition) is 7. The van der Waals surface area contributed by atoms with Crippen molar-refractivity contribution in [2.45, 2.75) is 66.0 Å². The Morgan fingerprint density at radius 1 is 1.03 bits per heavy atom. The number of carbonyl (C=O) groups is 2. The van der Waals surface area contributed by atoms with Gasteiger partial charge in [0.25, 0.3) is 5.91 Å². The number of hydrogen-bond donors (Lipinski definition) is 1. The van der Waals surface area contributed by atoms with Gasteiger partial charge in [-0.1, -0.05) is 20.8 Å². The third kappa shape index (κ3) is 9.28. The fourth-order valence-electron chi connectivity index (χ4n) is 4.84. The van der Waals surface area contributed by atoms with E-state index in [1.54, 1.807) is 32.4 Å². The molecule has 1 aromatic carbocycles. The highest BCUT2D eigenvalue weighted by molar-refractivity contribution is 5.95. The van der Waals surface area contributed by atoms with Crippen LogP contribution in [0.25, 0.3) is 0 Å². The highest BCUT2D eigenvalue weighted by atomic mass is 16.6. The Hall–Kier alpha value is -2.52. The standard InChI is InChI=1S/C30H49N3O6/c1-21(2)32(28(34)22-9-12-26(37-7)27(15-22)38-14-8-13-36-6)18-23-16-31-17-24(23)19-33(25-10-11-25)29(35)39-20-30(3,4)5/h9,12,15,21,23-25,31H,8,10-11,13-14,16-20H2,1-7H3/t23-,24-/m0/s1. The van der Waals surface area contributed by atoms with Gasteiger partial charge < -0.3 is 34.1 Å². The first-order valence-electron chi connectivity index (χ1n) is 14.3. The van der Waals surface area contributed by atoms with Crippen molar-refractivity contribution in [3.8, 4) is 11.5 Å². The molecule has 9 nitrogen and oxygen atoms in total. The third-order valence-electron chi connectivity index (χ3n) is 7.24. The number of methoxy groups -OCH3 is 2. The van der Waals surface area contributed by atoms with Gasteiger partial charge in [0.2, 0.25) is 0 Å². The molecule has 1 heterocycles. The molecule has 0 aromatic heterocycles. The van der Waals surface area contributed by atoms with Crippen molar-refractivity contribution in [1.82, 2.24) is 15.1 Å². The zero-order valence-electron chi connectivity index (χ0n) is 25.0. The molecule has 1 aliphatic carbocycles. The molecule has 0 radical (unpaired) electrons. The Morgan fingerprint density at radius 3 is 2.31 bits per heavy atom. The third-order valence-corrected chi connectivity index (χ3v) is 7.24. The number of ether oxygens (including phenoxy) is 4. The van der Waals surface area contributed by atoms with E-state index in [1.807, 2.05) is 23.6 Å². The lowest BCUT2D eigenvalue weighted by atomic mass is 9.94. The van der Waals surface area contributed by atoms with Crippen molar-refractivity contribution in [1.29, 1.82) is 0 Å². The van der Waals surface area contributed by atoms with Crippen LogP contribution in [-0.4, -0.2) is 94.1 Å². The Balaban J connectivity index is 1.68. The van der Waals surface area contributed by atoms with Crippen LogP contribution < -0.4 is 14.8 Å². The first-order chi connectivity index (χ1) is 18.5. The summed E-state index contributed by atoms with van der Waals surface area (Å²) in [6, 6.07) is 5.64. The molecule has 220 valence electrons. The van der Waals surface area contributed by atoms with Crippen molar-refractivity contribution in [2.75, 3.05) is 60.2 Å². The maximum absolute atomic E-state index is 13.7. The Bertz CT molecular complexity index is 943. The number of nitrogens with zero attached hydrogens (tertiary/aromatic N) is 2. The summed E-state index contributed by atoms with van der Waals surface area (Å²) in [4.78, 5) is 30.6. The Labute approximate surface area is 234 Å². The molecule has 1 aromatic rings. The van der Waals surface area contributed by atoms with Crippen LogP contribution in [-0.2, 0) is 9.47 Å². The zero-order valence-corrected chi connectivity index (χ0v) is 25.0. The highest BCUT2D eigenvalue weighted by Crippen LogP contribution is 2.32. The Morgan fingerprint density at radius 2 is 1.72 bits per heavy atom. The molecule has 2 amide bonds. The highest BCUT2D eigenvalue weighted by Gasteiger charge is 2.39. The monoisotopic (exact) mass is 547 g/mol. The van der Waals surface area contributed by atoms with Crippen LogP contribution in [0.2, 0.25) is 0 Å². The zero-order chi connectivity index (χ0) is 28.6. The number of carbonyl (C=O) groups excluding carboxylic acids is 2. The fraction of sp³-hybridized carbons (Fsp3) is 0.733. The summed E-state index contributed by atoms with van der Waals surface area (Å²) in [5.41, 5.74) is 0.496. The predicted molar refractivity (Wildman–Crippen MR) is 152 cm³/mol. The minimum Gasteiger partial charge on any atom is -0.493 e. The summed E-state index contributed by atoms with van der Waals surface area (Å²) in [6.45, 7) is 14.6. The van der Waals surface area contributed by atoms with Crippen molar-refractivity contribution < 1.29 is 28.5 Å². The smallest absolute Gasteiger partial charge is 0.410 e. The second-order valence-electron chi connectivity index (χ2n) is 12.3. The maximum atomic E-state index is 13.7. The molecule has 2 aliphatic rings. The molecular formula is C30H49N3O6. The van der Waals surface area contributed by atoms with Crippen LogP contribution in [0.3, 0.4) is 0 Å². The minimum absolute atomic E-state index is 0.0169. The number of benzene rings is 1. The summed E-state index contributed by atoms with van der Waals surface area (Å²) >= 11 is 0. The van der Waals surface area contributed by atoms with Crippen molar-refractivity contribution in [3.05, 3.63) is 23.8 Å². The van der Waals surface area contributed by atoms with Gasteiger partial charge >= 0.3 is 6.09 Å². The lowest BCUT2D eigenvalue weighted by Gasteiger charge is -2.33. The van der Waals surface area contributed by atoms with E-state index in [1.165, 1.54) is 0 Å². The average Bonchev–Trinajstić information content (AvgIpc) is 3.64. The van der Waals surface area contributed by atoms with Crippen LogP contribution in [0.15, 0.2) is 18.2 Å². The van der Waals surface area contributed by atoms with Gasteiger partial charge in [-0.05, 0) is 62.1 Å². The van der Waals surface area contributed by atoms with Crippen LogP contribution in [0.5, 0.6) is 11.5 Å². The molecule has 2 fully saturated rings. The van der Waals surface area contributed by atoms with E-state index in [2.05, 4.69) is 26.1 Å². The second kappa shape index (κ2) is 14.2. The van der Waals surface area contributed by atoms with E-state index >= 15 is 0 Å². The summed E-state index contributed by atoms with van der Waals surface area (Å²) in [5.74, 6) is 1.59. The van der Waals surface area contributed by atoms with Crippen molar-refractivity contribution in [2.24, 2.45) is 17.3 Å². The van der Waals surface area contributed by atoms with Crippen molar-refractivity contribution >= 4 is 12.0 Å². The topological polar surface area (TPSA) is 89.6 Å². The van der Waals surface area contributed by atoms with Gasteiger partial charge in [-0.25, -0.2) is 4.79 Å². The summed E-state index contributed by atoms with van der Waals surface area (Å²) in [7, 11) is 3.25. The van der Waals surface area contributed by atoms with Gasteiger partial charge in [0.05, 0.1) is 20.3 Å². The molecular weight excluding hydrogens is 498 g/mol. The molecule has 3 rings (SSSR count). The van der Waals surface area contributed by atoms with Gasteiger partial charge in [-0.2, -0.15) is 0 Å². The van der Waals surface area contributed by atoms with Gasteiger partial charge in [-0.15, -0.1) is 0 Å². The van der Waals surface area contributed by atoms with E-state index in [0.717, 1.165) is 32.4 Å². The van der Waals surface area contributed by atoms with Gasteiger partial charge in [-0.3, -0.25) is 4.79 Å². The van der Waals surface area contributed by atoms with Crippen LogP contribution in [0.1, 0.15) is 64.2 Å². The number of amides is 2. The second-order valence-corrected chi connectivity index (χ2v) is 12.3. The molecule has 9 heteroatoms. The summed E-state index contributed by atoms with van der Waals surface area (Å²) in [6.07, 6.45) is 2.58. The van der Waals surface area contributed by atoms with Crippen LogP contribution in [0.4, 0.5) is 4.79 Å². The van der Waals surface area contributed by atoms with E-state index < -0.39 is 0 Å². The fourth-order valence-corrected chi connectivity index (χ4v) is 4.84. The lowest BCUT2D eigenvalue weighted by molar-refractivity contribution is 0.0573. The van der Waals surface area contributed by atoms with Gasteiger partial charge in [0.1, 0.15) is 0 Å². The number of rotatable bonds is 14. The van der Waals surface area contributed by atoms with Gasteiger partial charge in [0, 0.05) is 64.0 Å². The molecule has 39 heavy (non-hydrogen) atoms. The van der Waals surface area contributed by atoms with Crippen LogP contribution in [0, 0.1) is 17.3 Å². The first-order valence-corrected chi connectivity index (χ1v) is 14.3. The first kappa shape index (κ1) is 31.0. The average molecular weight is 548 g/mol. The van der Waals surface area contributed by atoms with E-state index in [-0.39, 0.29) is 41.3 Å². The summed E-state index contributed by atoms with van der Waals surface area (Å²) in [5, 5.41) is 3.50.